The summed E-state index contributed by atoms with van der Waals surface area (Å²) in [6.07, 6.45) is 6.01. The molecule has 20 heavy (non-hydrogen) atoms. The molecular weight excluding hydrogens is 258 g/mol. The molecule has 0 aromatic carbocycles. The lowest BCUT2D eigenvalue weighted by molar-refractivity contribution is -0.133. The van der Waals surface area contributed by atoms with E-state index >= 15 is 0 Å². The number of aryl methyl sites for hydroxylation is 1. The predicted octanol–water partition coefficient (Wildman–Crippen LogP) is 0.0429. The molecule has 7 heteroatoms. The van der Waals surface area contributed by atoms with E-state index in [-0.39, 0.29) is 17.7 Å². The first-order valence-corrected chi connectivity index (χ1v) is 7.04. The molecule has 0 aliphatic carbocycles. The molecule has 1 aromatic heterocycles. The van der Waals surface area contributed by atoms with Gasteiger partial charge in [-0.1, -0.05) is 5.21 Å². The monoisotopic (exact) mass is 279 g/mol. The number of piperidine rings is 1. The van der Waals surface area contributed by atoms with Gasteiger partial charge in [0.15, 0.2) is 0 Å². The fourth-order valence-corrected chi connectivity index (χ4v) is 2.43. The van der Waals surface area contributed by atoms with Crippen molar-refractivity contribution in [3.05, 3.63) is 12.4 Å². The van der Waals surface area contributed by atoms with Crippen molar-refractivity contribution < 1.29 is 9.59 Å². The first kappa shape index (κ1) is 14.5. The minimum atomic E-state index is -0.0704. The Labute approximate surface area is 118 Å². The number of aromatic nitrogens is 3. The lowest BCUT2D eigenvalue weighted by Gasteiger charge is -2.31. The summed E-state index contributed by atoms with van der Waals surface area (Å²) >= 11 is 0. The largest absolute Gasteiger partial charge is 0.356 e. The molecule has 1 saturated heterocycles. The Morgan fingerprint density at radius 1 is 1.45 bits per heavy atom. The second kappa shape index (κ2) is 7.02. The smallest absolute Gasteiger partial charge is 0.224 e. The molecule has 1 aliphatic heterocycles. The summed E-state index contributed by atoms with van der Waals surface area (Å²) in [5, 5.41) is 10.5. The molecule has 0 spiro atoms. The Kier molecular flexibility index (Phi) is 5.09. The maximum Gasteiger partial charge on any atom is 0.224 e. The highest BCUT2D eigenvalue weighted by molar-refractivity contribution is 5.80. The highest BCUT2D eigenvalue weighted by Crippen LogP contribution is 2.16. The van der Waals surface area contributed by atoms with Gasteiger partial charge >= 0.3 is 0 Å². The Hall–Kier alpha value is -1.92. The highest BCUT2D eigenvalue weighted by Gasteiger charge is 2.26. The highest BCUT2D eigenvalue weighted by atomic mass is 16.2. The van der Waals surface area contributed by atoms with Gasteiger partial charge in [0.25, 0.3) is 0 Å². The van der Waals surface area contributed by atoms with Gasteiger partial charge in [-0.3, -0.25) is 14.3 Å². The second-order valence-corrected chi connectivity index (χ2v) is 5.11. The molecule has 0 bridgehead atoms. The van der Waals surface area contributed by atoms with Crippen LogP contribution in [0.4, 0.5) is 0 Å². The summed E-state index contributed by atoms with van der Waals surface area (Å²) in [5.74, 6) is 0.0299. The SMILES string of the molecule is CC(=O)N1CCCC(C(=O)NCCCn2ccnn2)C1. The summed E-state index contributed by atoms with van der Waals surface area (Å²) in [4.78, 5) is 25.1. The molecule has 1 fully saturated rings. The van der Waals surface area contributed by atoms with Crippen LogP contribution in [0, 0.1) is 5.92 Å². The number of nitrogens with one attached hydrogen (secondary N) is 1. The third-order valence-corrected chi connectivity index (χ3v) is 3.57. The molecule has 2 amide bonds. The van der Waals surface area contributed by atoms with E-state index in [1.165, 1.54) is 0 Å². The average Bonchev–Trinajstić information content (AvgIpc) is 2.96. The Morgan fingerprint density at radius 2 is 2.30 bits per heavy atom. The van der Waals surface area contributed by atoms with Crippen LogP contribution in [0.1, 0.15) is 26.2 Å². The lowest BCUT2D eigenvalue weighted by Crippen LogP contribution is -2.44. The number of carbonyl (C=O) groups is 2. The molecule has 2 rings (SSSR count). The van der Waals surface area contributed by atoms with Crippen LogP contribution < -0.4 is 5.32 Å². The third kappa shape index (κ3) is 4.04. The predicted molar refractivity (Wildman–Crippen MR) is 72.6 cm³/mol. The molecule has 1 atom stereocenters. The van der Waals surface area contributed by atoms with Gasteiger partial charge in [-0.05, 0) is 19.3 Å². The van der Waals surface area contributed by atoms with Crippen molar-refractivity contribution in [1.29, 1.82) is 0 Å². The molecule has 0 saturated carbocycles. The number of hydrogen-bond acceptors (Lipinski definition) is 4. The number of rotatable bonds is 5. The number of hydrogen-bond donors (Lipinski definition) is 1. The molecule has 0 radical (unpaired) electrons. The zero-order valence-corrected chi connectivity index (χ0v) is 11.8. The fraction of sp³-hybridized carbons (Fsp3) is 0.692. The minimum Gasteiger partial charge on any atom is -0.356 e. The van der Waals surface area contributed by atoms with Crippen LogP contribution in [-0.2, 0) is 16.1 Å². The summed E-state index contributed by atoms with van der Waals surface area (Å²) < 4.78 is 1.74. The molecule has 1 N–H and O–H groups in total. The number of nitrogens with zero attached hydrogens (tertiary/aromatic N) is 4. The van der Waals surface area contributed by atoms with Gasteiger partial charge in [0.05, 0.1) is 12.1 Å². The van der Waals surface area contributed by atoms with Crippen molar-refractivity contribution in [3.8, 4) is 0 Å². The quantitative estimate of drug-likeness (QED) is 0.772. The Balaban J connectivity index is 1.67. The summed E-state index contributed by atoms with van der Waals surface area (Å²) in [6.45, 7) is 4.23. The maximum atomic E-state index is 12.0. The summed E-state index contributed by atoms with van der Waals surface area (Å²) in [6, 6.07) is 0. The van der Waals surface area contributed by atoms with Crippen molar-refractivity contribution in [2.24, 2.45) is 5.92 Å². The summed E-state index contributed by atoms with van der Waals surface area (Å²) in [7, 11) is 0. The molecule has 7 nitrogen and oxygen atoms in total. The molecular formula is C13H21N5O2. The van der Waals surface area contributed by atoms with E-state index in [9.17, 15) is 9.59 Å². The van der Waals surface area contributed by atoms with Gasteiger partial charge in [-0.15, -0.1) is 5.10 Å². The minimum absolute atomic E-state index is 0.0497. The average molecular weight is 279 g/mol. The van der Waals surface area contributed by atoms with E-state index < -0.39 is 0 Å². The van der Waals surface area contributed by atoms with Gasteiger partial charge in [0, 0.05) is 39.3 Å². The molecule has 1 unspecified atom stereocenters. The van der Waals surface area contributed by atoms with Gasteiger partial charge in [0.1, 0.15) is 0 Å². The van der Waals surface area contributed by atoms with Crippen LogP contribution >= 0.6 is 0 Å². The van der Waals surface area contributed by atoms with Crippen LogP contribution in [0.25, 0.3) is 0 Å². The number of amides is 2. The molecule has 1 aliphatic rings. The van der Waals surface area contributed by atoms with Crippen molar-refractivity contribution >= 4 is 11.8 Å². The first-order chi connectivity index (χ1) is 9.66. The normalized spacial score (nSPS) is 18.9. The van der Waals surface area contributed by atoms with Crippen molar-refractivity contribution in [1.82, 2.24) is 25.2 Å². The van der Waals surface area contributed by atoms with E-state index in [1.807, 2.05) is 0 Å². The van der Waals surface area contributed by atoms with E-state index in [0.29, 0.717) is 13.1 Å². The van der Waals surface area contributed by atoms with Crippen LogP contribution in [0.3, 0.4) is 0 Å². The topological polar surface area (TPSA) is 80.1 Å². The van der Waals surface area contributed by atoms with Crippen molar-refractivity contribution in [2.75, 3.05) is 19.6 Å². The van der Waals surface area contributed by atoms with Gasteiger partial charge in [-0.25, -0.2) is 0 Å². The molecule has 2 heterocycles. The molecule has 1 aromatic rings. The second-order valence-electron chi connectivity index (χ2n) is 5.11. The third-order valence-electron chi connectivity index (χ3n) is 3.57. The van der Waals surface area contributed by atoms with Crippen LogP contribution in [0.5, 0.6) is 0 Å². The van der Waals surface area contributed by atoms with Gasteiger partial charge < -0.3 is 10.2 Å². The van der Waals surface area contributed by atoms with Crippen LogP contribution in [0.15, 0.2) is 12.4 Å². The van der Waals surface area contributed by atoms with Crippen molar-refractivity contribution in [2.45, 2.75) is 32.7 Å². The van der Waals surface area contributed by atoms with Crippen LogP contribution in [-0.4, -0.2) is 51.3 Å². The van der Waals surface area contributed by atoms with Crippen LogP contribution in [0.2, 0.25) is 0 Å². The fourth-order valence-electron chi connectivity index (χ4n) is 2.43. The standard InChI is InChI=1S/C13H21N5O2/c1-11(19)17-7-2-4-12(10-17)13(20)14-5-3-8-18-9-6-15-16-18/h6,9,12H,2-5,7-8,10H2,1H3,(H,14,20). The Morgan fingerprint density at radius 3 is 3.00 bits per heavy atom. The first-order valence-electron chi connectivity index (χ1n) is 7.04. The van der Waals surface area contributed by atoms with E-state index in [2.05, 4.69) is 15.6 Å². The van der Waals surface area contributed by atoms with Gasteiger partial charge in [0.2, 0.25) is 11.8 Å². The Bertz CT molecular complexity index is 446. The zero-order chi connectivity index (χ0) is 14.4. The number of carbonyl (C=O) groups excluding carboxylic acids is 2. The maximum absolute atomic E-state index is 12.0. The number of likely N-dealkylation sites (tertiary alicyclic amines) is 1. The molecule has 110 valence electrons. The van der Waals surface area contributed by atoms with E-state index in [1.54, 1.807) is 28.9 Å². The summed E-state index contributed by atoms with van der Waals surface area (Å²) in [5.41, 5.74) is 0. The van der Waals surface area contributed by atoms with Gasteiger partial charge in [-0.2, -0.15) is 0 Å². The van der Waals surface area contributed by atoms with E-state index in [0.717, 1.165) is 32.4 Å². The zero-order valence-electron chi connectivity index (χ0n) is 11.8. The lowest BCUT2D eigenvalue weighted by atomic mass is 9.97. The van der Waals surface area contributed by atoms with Crippen molar-refractivity contribution in [3.63, 3.8) is 0 Å². The van der Waals surface area contributed by atoms with E-state index in [4.69, 9.17) is 0 Å².